The number of hydrogen-bond acceptors (Lipinski definition) is 12. The second kappa shape index (κ2) is 33.7. The molecule has 500 valence electrons. The van der Waals surface area contributed by atoms with Gasteiger partial charge in [-0.25, -0.2) is 15.0 Å². The summed E-state index contributed by atoms with van der Waals surface area (Å²) in [5.41, 5.74) is 18.4. The van der Waals surface area contributed by atoms with Crippen LogP contribution >= 0.6 is 0 Å². The van der Waals surface area contributed by atoms with Crippen LogP contribution in [0.2, 0.25) is 0 Å². The van der Waals surface area contributed by atoms with E-state index in [0.717, 1.165) is 161 Å². The fourth-order valence-electron chi connectivity index (χ4n) is 13.1. The number of nitrogens with zero attached hydrogens (tertiary/aromatic N) is 9. The zero-order valence-corrected chi connectivity index (χ0v) is 56.7. The van der Waals surface area contributed by atoms with Crippen molar-refractivity contribution in [3.63, 3.8) is 0 Å². The summed E-state index contributed by atoms with van der Waals surface area (Å²) in [5, 5.41) is 27.6. The van der Waals surface area contributed by atoms with Crippen molar-refractivity contribution in [2.75, 3.05) is 42.6 Å². The summed E-state index contributed by atoms with van der Waals surface area (Å²) >= 11 is 0. The number of pyridine rings is 1. The van der Waals surface area contributed by atoms with Crippen molar-refractivity contribution in [2.45, 2.75) is 131 Å². The van der Waals surface area contributed by atoms with Crippen LogP contribution in [-0.4, -0.2) is 93.2 Å². The Morgan fingerprint density at radius 3 is 1.57 bits per heavy atom. The second-order valence-corrected chi connectivity index (χ2v) is 25.4. The molecule has 0 saturated carbocycles. The molecule has 97 heavy (non-hydrogen) atoms. The molecule has 12 rings (SSSR count). The fourth-order valence-corrected chi connectivity index (χ4v) is 13.1. The molecule has 0 radical (unpaired) electrons. The third-order valence-corrected chi connectivity index (χ3v) is 18.0. The zero-order valence-electron chi connectivity index (χ0n) is 56.7. The van der Waals surface area contributed by atoms with Crippen molar-refractivity contribution in [3.05, 3.63) is 241 Å². The van der Waals surface area contributed by atoms with Crippen LogP contribution in [0.25, 0.3) is 66.9 Å². The average molecular weight is 1300 g/mol. The summed E-state index contributed by atoms with van der Waals surface area (Å²) in [7, 11) is 0. The van der Waals surface area contributed by atoms with E-state index in [9.17, 15) is 19.8 Å². The first kappa shape index (κ1) is 68.5. The van der Waals surface area contributed by atoms with Gasteiger partial charge in [0.1, 0.15) is 23.2 Å². The minimum Gasteiger partial charge on any atom is -0.395 e. The Morgan fingerprint density at radius 2 is 1.03 bits per heavy atom. The standard InChI is InChI=1S/C41H47N5O2.C40H45N7O2/c1-4-21-45(22-5-2)36-14-11-33(12-15-36)41-44-39-26-34(13-17-40(39)46(41)23-19-30-6-8-31(28-47)9-7-30)38(24-29(3)48)43-27-32-10-16-37-35(25-32)18-20-42-37;1-3-20-46(24-25-48)36-12-9-34(10-13-36)40-44-38-27-35(11-14-39(38)47(40)22-4-21-45-23-19-42-29-45)37(26-30(2)49)43-28-31-5-7-32(8-6-31)33-15-17-41-18-16-33/h6-18,20,25-26,38,42-43,47H,4-5,19,21-24,27-28H2,1-3H3;5-19,23,27,29,37,43,48H,3-4,20-22,24-26,28H2,1-2H3. The largest absolute Gasteiger partial charge is 0.395 e. The van der Waals surface area contributed by atoms with Gasteiger partial charge in [-0.15, -0.1) is 0 Å². The Bertz CT molecular complexity index is 4430. The summed E-state index contributed by atoms with van der Waals surface area (Å²) in [6, 6.07) is 59.1. The number of nitrogens with one attached hydrogen (secondary N) is 3. The van der Waals surface area contributed by atoms with E-state index in [0.29, 0.717) is 32.5 Å². The van der Waals surface area contributed by atoms with Crippen molar-refractivity contribution in [2.24, 2.45) is 0 Å². The number of H-pyrrole nitrogens is 1. The smallest absolute Gasteiger partial charge is 0.141 e. The quantitative estimate of drug-likeness (QED) is 0.0262. The van der Waals surface area contributed by atoms with Gasteiger partial charge in [-0.05, 0) is 199 Å². The van der Waals surface area contributed by atoms with Gasteiger partial charge in [-0.3, -0.25) is 14.6 Å². The van der Waals surface area contributed by atoms with Crippen molar-refractivity contribution in [1.29, 1.82) is 0 Å². The van der Waals surface area contributed by atoms with Crippen LogP contribution in [0.15, 0.2) is 207 Å². The maximum absolute atomic E-state index is 12.4. The molecule has 0 amide bonds. The van der Waals surface area contributed by atoms with Gasteiger partial charge in [-0.1, -0.05) is 87.5 Å². The number of aromatic nitrogens is 8. The highest BCUT2D eigenvalue weighted by Crippen LogP contribution is 2.33. The molecular formula is C81H92N12O4. The maximum atomic E-state index is 12.4. The zero-order chi connectivity index (χ0) is 67.5. The SMILES string of the molecule is CCCN(CCC)c1ccc(-c2nc3cc(C(CC(C)=O)NCc4ccc5[nH]ccc5c4)ccc3n2CCc2ccc(CO)cc2)cc1.CCCN(CCO)c1ccc(-c2nc3cc(C(CC(C)=O)NCc4ccc(-c5ccncc5)cc4)ccc3n2CCCn2ccnc2)cc1. The Balaban J connectivity index is 0.000000197. The maximum Gasteiger partial charge on any atom is 0.141 e. The van der Waals surface area contributed by atoms with Gasteiger partial charge in [-0.2, -0.15) is 0 Å². The molecule has 0 aliphatic rings. The molecule has 0 bridgehead atoms. The molecule has 0 saturated heterocycles. The van der Waals surface area contributed by atoms with Crippen molar-refractivity contribution >= 4 is 55.9 Å². The number of ketones is 2. The van der Waals surface area contributed by atoms with E-state index in [1.54, 1.807) is 26.2 Å². The number of aromatic amines is 1. The second-order valence-electron chi connectivity index (χ2n) is 25.4. The van der Waals surface area contributed by atoms with Gasteiger partial charge in [0.05, 0.1) is 41.6 Å². The normalized spacial score (nSPS) is 12.1. The van der Waals surface area contributed by atoms with E-state index in [4.69, 9.17) is 9.97 Å². The van der Waals surface area contributed by atoms with Gasteiger partial charge < -0.3 is 49.3 Å². The Kier molecular flexibility index (Phi) is 23.8. The molecule has 0 aliphatic carbocycles. The highest BCUT2D eigenvalue weighted by atomic mass is 16.3. The van der Waals surface area contributed by atoms with E-state index in [1.165, 1.54) is 22.2 Å². The van der Waals surface area contributed by atoms with E-state index in [-0.39, 0.29) is 36.9 Å². The van der Waals surface area contributed by atoms with Crippen LogP contribution in [-0.2, 0) is 55.3 Å². The van der Waals surface area contributed by atoms with E-state index < -0.39 is 0 Å². The number of carbonyl (C=O) groups excluding carboxylic acids is 2. The van der Waals surface area contributed by atoms with Crippen LogP contribution in [0.5, 0.6) is 0 Å². The third-order valence-electron chi connectivity index (χ3n) is 18.0. The van der Waals surface area contributed by atoms with Gasteiger partial charge in [0.25, 0.3) is 0 Å². The summed E-state index contributed by atoms with van der Waals surface area (Å²) in [5.74, 6) is 2.13. The number of aliphatic hydroxyl groups excluding tert-OH is 2. The number of rotatable bonds is 33. The molecule has 16 nitrogen and oxygen atoms in total. The molecule has 2 unspecified atom stereocenters. The lowest BCUT2D eigenvalue weighted by molar-refractivity contribution is -0.118. The third kappa shape index (κ3) is 17.8. The lowest BCUT2D eigenvalue weighted by Crippen LogP contribution is -2.27. The molecule has 5 aromatic heterocycles. The molecule has 5 N–H and O–H groups in total. The number of aryl methyl sites for hydroxylation is 4. The minimum absolute atomic E-state index is 0.0461. The molecular weight excluding hydrogens is 1200 g/mol. The van der Waals surface area contributed by atoms with E-state index >= 15 is 0 Å². The van der Waals surface area contributed by atoms with Crippen LogP contribution in [0.3, 0.4) is 0 Å². The number of carbonyl (C=O) groups is 2. The Labute approximate surface area is 570 Å². The topological polar surface area (TPSA) is 187 Å². The Hall–Kier alpha value is -9.84. The fraction of sp³-hybridized carbons (Fsp3) is 0.309. The number of imidazole rings is 3. The Morgan fingerprint density at radius 1 is 0.515 bits per heavy atom. The van der Waals surface area contributed by atoms with Crippen molar-refractivity contribution < 1.29 is 19.8 Å². The predicted molar refractivity (Wildman–Crippen MR) is 393 cm³/mol. The predicted octanol–water partition coefficient (Wildman–Crippen LogP) is 15.4. The van der Waals surface area contributed by atoms with Crippen LogP contribution in [0.4, 0.5) is 11.4 Å². The van der Waals surface area contributed by atoms with Gasteiger partial charge in [0, 0.05) is 143 Å². The van der Waals surface area contributed by atoms with Gasteiger partial charge >= 0.3 is 0 Å². The first-order valence-electron chi connectivity index (χ1n) is 34.4. The summed E-state index contributed by atoms with van der Waals surface area (Å²) < 4.78 is 6.73. The number of aliphatic hydroxyl groups is 2. The number of hydrogen-bond donors (Lipinski definition) is 5. The molecule has 0 aliphatic heterocycles. The number of anilines is 2. The van der Waals surface area contributed by atoms with Crippen LogP contribution in [0.1, 0.15) is 119 Å². The number of fused-ring (bicyclic) bond motifs is 3. The average Bonchev–Trinajstić information content (AvgIpc) is 1.64. The highest BCUT2D eigenvalue weighted by molar-refractivity contribution is 5.84. The molecule has 0 spiro atoms. The van der Waals surface area contributed by atoms with Gasteiger partial charge in [0.2, 0.25) is 0 Å². The van der Waals surface area contributed by atoms with E-state index in [1.807, 2.05) is 49.2 Å². The lowest BCUT2D eigenvalue weighted by Gasteiger charge is -2.24. The van der Waals surface area contributed by atoms with Crippen LogP contribution in [0, 0.1) is 0 Å². The molecule has 5 heterocycles. The van der Waals surface area contributed by atoms with Crippen molar-refractivity contribution in [1.82, 2.24) is 49.3 Å². The molecule has 16 heteroatoms. The summed E-state index contributed by atoms with van der Waals surface area (Å²) in [6.07, 6.45) is 17.0. The van der Waals surface area contributed by atoms with Crippen LogP contribution < -0.4 is 20.4 Å². The molecule has 0 fully saturated rings. The molecule has 7 aromatic carbocycles. The highest BCUT2D eigenvalue weighted by Gasteiger charge is 2.22. The van der Waals surface area contributed by atoms with Crippen molar-refractivity contribution in [3.8, 4) is 33.9 Å². The first-order chi connectivity index (χ1) is 47.5. The number of Topliss-reactive ketones (excluding diaryl/α,β-unsaturated/α-hetero) is 2. The minimum atomic E-state index is -0.146. The first-order valence-corrected chi connectivity index (χ1v) is 34.4. The molecule has 12 aromatic rings. The monoisotopic (exact) mass is 1300 g/mol. The van der Waals surface area contributed by atoms with E-state index in [2.05, 4.69) is 215 Å². The lowest BCUT2D eigenvalue weighted by atomic mass is 10.00. The molecule has 2 atom stereocenters. The summed E-state index contributed by atoms with van der Waals surface area (Å²) in [6.45, 7) is 17.4. The van der Waals surface area contributed by atoms with Gasteiger partial charge in [0.15, 0.2) is 0 Å². The number of benzene rings is 7. The summed E-state index contributed by atoms with van der Waals surface area (Å²) in [4.78, 5) is 51.5.